The van der Waals surface area contributed by atoms with Crippen LogP contribution in [-0.4, -0.2) is 26.7 Å². The smallest absolute Gasteiger partial charge is 0.227 e. The van der Waals surface area contributed by atoms with Crippen LogP contribution in [0, 0.1) is 0 Å². The number of hydrogen-bond acceptors (Lipinski definition) is 3. The maximum atomic E-state index is 12.4. The van der Waals surface area contributed by atoms with E-state index < -0.39 is 0 Å². The van der Waals surface area contributed by atoms with E-state index in [1.54, 1.807) is 14.2 Å². The number of hydrogen-bond donors (Lipinski definition) is 1. The van der Waals surface area contributed by atoms with Gasteiger partial charge in [-0.25, -0.2) is 0 Å². The first-order valence-corrected chi connectivity index (χ1v) is 8.23. The summed E-state index contributed by atoms with van der Waals surface area (Å²) in [6.07, 6.45) is 1.53. The van der Waals surface area contributed by atoms with Crippen LogP contribution >= 0.6 is 0 Å². The SMILES string of the molecule is CC[C@H](C(=O)NCCc1ccc(OC)c(OC)c1)c1ccccc1. The van der Waals surface area contributed by atoms with E-state index in [9.17, 15) is 4.79 Å². The molecule has 0 saturated heterocycles. The minimum absolute atomic E-state index is 0.0733. The molecule has 2 aromatic carbocycles. The summed E-state index contributed by atoms with van der Waals surface area (Å²) in [6.45, 7) is 2.63. The van der Waals surface area contributed by atoms with Crippen LogP contribution in [0.2, 0.25) is 0 Å². The van der Waals surface area contributed by atoms with E-state index in [1.165, 1.54) is 0 Å². The predicted octanol–water partition coefficient (Wildman–Crippen LogP) is 3.56. The van der Waals surface area contributed by atoms with E-state index >= 15 is 0 Å². The third-order valence-corrected chi connectivity index (χ3v) is 4.09. The lowest BCUT2D eigenvalue weighted by atomic mass is 9.95. The first kappa shape index (κ1) is 17.9. The van der Waals surface area contributed by atoms with Gasteiger partial charge in [0.05, 0.1) is 20.1 Å². The quantitative estimate of drug-likeness (QED) is 0.806. The molecule has 0 heterocycles. The molecular weight excluding hydrogens is 302 g/mol. The summed E-state index contributed by atoms with van der Waals surface area (Å²) in [7, 11) is 3.24. The number of ether oxygens (including phenoxy) is 2. The topological polar surface area (TPSA) is 47.6 Å². The van der Waals surface area contributed by atoms with Gasteiger partial charge in [0, 0.05) is 6.54 Å². The summed E-state index contributed by atoms with van der Waals surface area (Å²) in [5.74, 6) is 1.39. The Kier molecular flexibility index (Phi) is 6.67. The van der Waals surface area contributed by atoms with E-state index in [0.717, 1.165) is 24.0 Å². The van der Waals surface area contributed by atoms with Crippen molar-refractivity contribution in [2.75, 3.05) is 20.8 Å². The summed E-state index contributed by atoms with van der Waals surface area (Å²) in [5.41, 5.74) is 2.16. The number of benzene rings is 2. The van der Waals surface area contributed by atoms with Gasteiger partial charge in [-0.05, 0) is 36.1 Å². The number of methoxy groups -OCH3 is 2. The molecule has 4 heteroatoms. The number of amides is 1. The van der Waals surface area contributed by atoms with Crippen molar-refractivity contribution in [1.82, 2.24) is 5.32 Å². The highest BCUT2D eigenvalue weighted by molar-refractivity contribution is 5.83. The molecule has 0 unspecified atom stereocenters. The van der Waals surface area contributed by atoms with Crippen LogP contribution in [0.3, 0.4) is 0 Å². The average Bonchev–Trinajstić information content (AvgIpc) is 2.63. The Morgan fingerprint density at radius 1 is 1.04 bits per heavy atom. The van der Waals surface area contributed by atoms with Gasteiger partial charge in [0.2, 0.25) is 5.91 Å². The number of carbonyl (C=O) groups is 1. The van der Waals surface area contributed by atoms with Crippen LogP contribution in [0.25, 0.3) is 0 Å². The summed E-state index contributed by atoms with van der Waals surface area (Å²) in [5, 5.41) is 3.04. The molecule has 0 aromatic heterocycles. The molecule has 0 radical (unpaired) electrons. The molecule has 128 valence electrons. The molecule has 0 spiro atoms. The van der Waals surface area contributed by atoms with Crippen molar-refractivity contribution in [3.8, 4) is 11.5 Å². The minimum Gasteiger partial charge on any atom is -0.493 e. The number of rotatable bonds is 8. The fourth-order valence-electron chi connectivity index (χ4n) is 2.75. The van der Waals surface area contributed by atoms with Gasteiger partial charge in [-0.15, -0.1) is 0 Å². The van der Waals surface area contributed by atoms with E-state index in [4.69, 9.17) is 9.47 Å². The normalized spacial score (nSPS) is 11.6. The lowest BCUT2D eigenvalue weighted by Crippen LogP contribution is -2.30. The maximum absolute atomic E-state index is 12.4. The molecule has 0 fully saturated rings. The van der Waals surface area contributed by atoms with Gasteiger partial charge >= 0.3 is 0 Å². The molecule has 0 saturated carbocycles. The highest BCUT2D eigenvalue weighted by atomic mass is 16.5. The van der Waals surface area contributed by atoms with Gasteiger partial charge in [-0.3, -0.25) is 4.79 Å². The van der Waals surface area contributed by atoms with E-state index in [0.29, 0.717) is 18.0 Å². The van der Waals surface area contributed by atoms with E-state index in [1.807, 2.05) is 55.5 Å². The van der Waals surface area contributed by atoms with Crippen molar-refractivity contribution in [1.29, 1.82) is 0 Å². The Morgan fingerprint density at radius 3 is 2.38 bits per heavy atom. The number of carbonyl (C=O) groups excluding carboxylic acids is 1. The standard InChI is InChI=1S/C20H25NO3/c1-4-17(16-8-6-5-7-9-16)20(22)21-13-12-15-10-11-18(23-2)19(14-15)24-3/h5-11,14,17H,4,12-13H2,1-3H3,(H,21,22)/t17-/m0/s1. The predicted molar refractivity (Wildman–Crippen MR) is 95.7 cm³/mol. The van der Waals surface area contributed by atoms with E-state index in [2.05, 4.69) is 5.32 Å². The zero-order valence-electron chi connectivity index (χ0n) is 14.5. The Labute approximate surface area is 143 Å². The zero-order chi connectivity index (χ0) is 17.4. The fourth-order valence-corrected chi connectivity index (χ4v) is 2.75. The van der Waals surface area contributed by atoms with Gasteiger partial charge in [0.25, 0.3) is 0 Å². The van der Waals surface area contributed by atoms with Gasteiger partial charge in [-0.2, -0.15) is 0 Å². The Morgan fingerprint density at radius 2 is 1.75 bits per heavy atom. The lowest BCUT2D eigenvalue weighted by Gasteiger charge is -2.15. The fraction of sp³-hybridized carbons (Fsp3) is 0.350. The van der Waals surface area contributed by atoms with Crippen molar-refractivity contribution < 1.29 is 14.3 Å². The molecule has 24 heavy (non-hydrogen) atoms. The largest absolute Gasteiger partial charge is 0.493 e. The first-order valence-electron chi connectivity index (χ1n) is 8.23. The lowest BCUT2D eigenvalue weighted by molar-refractivity contribution is -0.122. The molecule has 0 aliphatic rings. The summed E-state index contributed by atoms with van der Waals surface area (Å²) in [6, 6.07) is 15.7. The van der Waals surface area contributed by atoms with Crippen LogP contribution in [0.5, 0.6) is 11.5 Å². The van der Waals surface area contributed by atoms with Crippen molar-refractivity contribution in [2.45, 2.75) is 25.7 Å². The summed E-state index contributed by atoms with van der Waals surface area (Å²) < 4.78 is 10.5. The van der Waals surface area contributed by atoms with Gasteiger partial charge in [0.1, 0.15) is 0 Å². The van der Waals surface area contributed by atoms with Crippen LogP contribution < -0.4 is 14.8 Å². The average molecular weight is 327 g/mol. The highest BCUT2D eigenvalue weighted by Crippen LogP contribution is 2.27. The van der Waals surface area contributed by atoms with Crippen molar-refractivity contribution >= 4 is 5.91 Å². The summed E-state index contributed by atoms with van der Waals surface area (Å²) in [4.78, 5) is 12.4. The van der Waals surface area contributed by atoms with E-state index in [-0.39, 0.29) is 11.8 Å². The molecule has 1 amide bonds. The Balaban J connectivity index is 1.92. The second-order valence-electron chi connectivity index (χ2n) is 5.60. The van der Waals surface area contributed by atoms with Gasteiger partial charge in [0.15, 0.2) is 11.5 Å². The van der Waals surface area contributed by atoms with Gasteiger partial charge < -0.3 is 14.8 Å². The third kappa shape index (κ3) is 4.51. The second-order valence-corrected chi connectivity index (χ2v) is 5.60. The van der Waals surface area contributed by atoms with Gasteiger partial charge in [-0.1, -0.05) is 43.3 Å². The Bertz CT molecular complexity index is 655. The molecule has 2 aromatic rings. The molecule has 0 bridgehead atoms. The molecular formula is C20H25NO3. The second kappa shape index (κ2) is 8.96. The van der Waals surface area contributed by atoms with Crippen molar-refractivity contribution in [3.63, 3.8) is 0 Å². The van der Waals surface area contributed by atoms with Crippen LogP contribution in [-0.2, 0) is 11.2 Å². The molecule has 1 atom stereocenters. The first-order chi connectivity index (χ1) is 11.7. The van der Waals surface area contributed by atoms with Crippen molar-refractivity contribution in [2.24, 2.45) is 0 Å². The monoisotopic (exact) mass is 327 g/mol. The van der Waals surface area contributed by atoms with Crippen LogP contribution in [0.4, 0.5) is 0 Å². The molecule has 1 N–H and O–H groups in total. The van der Waals surface area contributed by atoms with Crippen LogP contribution in [0.15, 0.2) is 48.5 Å². The third-order valence-electron chi connectivity index (χ3n) is 4.09. The molecule has 2 rings (SSSR count). The molecule has 0 aliphatic heterocycles. The van der Waals surface area contributed by atoms with Crippen molar-refractivity contribution in [3.05, 3.63) is 59.7 Å². The molecule has 0 aliphatic carbocycles. The summed E-state index contributed by atoms with van der Waals surface area (Å²) >= 11 is 0. The molecule has 4 nitrogen and oxygen atoms in total. The zero-order valence-corrected chi connectivity index (χ0v) is 14.5. The number of nitrogens with one attached hydrogen (secondary N) is 1. The van der Waals surface area contributed by atoms with Crippen LogP contribution in [0.1, 0.15) is 30.4 Å². The highest BCUT2D eigenvalue weighted by Gasteiger charge is 2.17. The Hall–Kier alpha value is -2.49. The maximum Gasteiger partial charge on any atom is 0.227 e. The minimum atomic E-state index is -0.100.